The molecular formula is C3H4N2O2. The van der Waals surface area contributed by atoms with Crippen LogP contribution < -0.4 is 5.11 Å². The van der Waals surface area contributed by atoms with Gasteiger partial charge in [-0.15, -0.1) is 0 Å². The van der Waals surface area contributed by atoms with E-state index in [9.17, 15) is 9.90 Å². The second kappa shape index (κ2) is 2.10. The van der Waals surface area contributed by atoms with Crippen molar-refractivity contribution in [2.75, 3.05) is 0 Å². The fourth-order valence-corrected chi connectivity index (χ4v) is 0.0456. The first-order valence-electron chi connectivity index (χ1n) is 1.61. The molecule has 1 N–H and O–H groups in total. The third-order valence-electron chi connectivity index (χ3n) is 0.463. The predicted octanol–water partition coefficient (Wildman–Crippen LogP) is -1.56. The quantitative estimate of drug-likeness (QED) is 0.245. The van der Waals surface area contributed by atoms with Gasteiger partial charge in [0.25, 0.3) is 0 Å². The minimum atomic E-state index is -1.39. The Morgan fingerprint density at radius 3 is 2.29 bits per heavy atom. The summed E-state index contributed by atoms with van der Waals surface area (Å²) in [7, 11) is 0. The lowest BCUT2D eigenvalue weighted by molar-refractivity contribution is -0.299. The van der Waals surface area contributed by atoms with Crippen molar-refractivity contribution in [1.82, 2.24) is 0 Å². The van der Waals surface area contributed by atoms with Crippen LogP contribution in [-0.2, 0) is 4.79 Å². The number of rotatable bonds is 1. The molecule has 0 saturated heterocycles. The molecule has 0 radical (unpaired) electrons. The molecular weight excluding hydrogens is 96.0 g/mol. The smallest absolute Gasteiger partial charge is 0.360 e. The molecule has 0 unspecified atom stereocenters. The summed E-state index contributed by atoms with van der Waals surface area (Å²) in [6.07, 6.45) is 0. The van der Waals surface area contributed by atoms with Gasteiger partial charge in [0.2, 0.25) is 0 Å². The minimum Gasteiger partial charge on any atom is -0.539 e. The Bertz CT molecular complexity index is 134. The van der Waals surface area contributed by atoms with E-state index in [0.29, 0.717) is 0 Å². The Kier molecular flexibility index (Phi) is 1.76. The van der Waals surface area contributed by atoms with Gasteiger partial charge in [-0.1, -0.05) is 0 Å². The highest BCUT2D eigenvalue weighted by molar-refractivity contribution is 6.30. The normalized spacial score (nSPS) is 7.00. The first-order valence-corrected chi connectivity index (χ1v) is 1.61. The summed E-state index contributed by atoms with van der Waals surface area (Å²) in [5.74, 6) is -1.39. The summed E-state index contributed by atoms with van der Waals surface area (Å²) < 4.78 is 0. The molecule has 0 aliphatic rings. The summed E-state index contributed by atoms with van der Waals surface area (Å²) in [6, 6.07) is 0. The van der Waals surface area contributed by atoms with Gasteiger partial charge in [0, 0.05) is 6.92 Å². The minimum absolute atomic E-state index is 0.306. The van der Waals surface area contributed by atoms with Crippen molar-refractivity contribution >= 4 is 11.7 Å². The van der Waals surface area contributed by atoms with E-state index < -0.39 is 5.97 Å². The zero-order valence-electron chi connectivity index (χ0n) is 3.76. The number of carboxylic acids is 1. The monoisotopic (exact) mass is 100 g/mol. The molecule has 0 spiro atoms. The molecule has 0 atom stereocenters. The maximum atomic E-state index is 9.57. The third-order valence-corrected chi connectivity index (χ3v) is 0.463. The van der Waals surface area contributed by atoms with E-state index in [1.807, 2.05) is 0 Å². The summed E-state index contributed by atoms with van der Waals surface area (Å²) in [4.78, 5) is 12.2. The number of hydrogen-bond donors (Lipinski definition) is 1. The average Bonchev–Trinajstić information content (AvgIpc) is 1.65. The van der Waals surface area contributed by atoms with Crippen molar-refractivity contribution in [2.24, 2.45) is 0 Å². The van der Waals surface area contributed by atoms with E-state index in [4.69, 9.17) is 5.53 Å². The van der Waals surface area contributed by atoms with Gasteiger partial charge in [0.05, 0.1) is 10.3 Å². The van der Waals surface area contributed by atoms with Crippen molar-refractivity contribution in [3.8, 4) is 0 Å². The van der Waals surface area contributed by atoms with E-state index >= 15 is 0 Å². The van der Waals surface area contributed by atoms with Crippen LogP contribution in [0.5, 0.6) is 0 Å². The van der Waals surface area contributed by atoms with Gasteiger partial charge in [-0.2, -0.15) is 0 Å². The van der Waals surface area contributed by atoms with Gasteiger partial charge >= 0.3 is 5.71 Å². The van der Waals surface area contributed by atoms with Crippen LogP contribution in [0, 0.1) is 5.53 Å². The molecule has 0 aliphatic heterocycles. The standard InChI is InChI=1S/C3H4N2O2/c1-2(5-4)3(6)7/h4H,1H3. The van der Waals surface area contributed by atoms with Crippen molar-refractivity contribution in [3.63, 3.8) is 0 Å². The van der Waals surface area contributed by atoms with Crippen molar-refractivity contribution < 1.29 is 14.7 Å². The number of carbonyl (C=O) groups excluding carboxylic acids is 1. The van der Waals surface area contributed by atoms with Gasteiger partial charge in [0.15, 0.2) is 5.97 Å². The molecule has 0 aliphatic carbocycles. The molecule has 38 valence electrons. The van der Waals surface area contributed by atoms with Gasteiger partial charge in [0.1, 0.15) is 0 Å². The third kappa shape index (κ3) is 1.67. The Labute approximate surface area is 40.0 Å². The van der Waals surface area contributed by atoms with Crippen LogP contribution in [0.4, 0.5) is 0 Å². The predicted molar refractivity (Wildman–Crippen MR) is 18.7 cm³/mol. The lowest BCUT2D eigenvalue weighted by Gasteiger charge is -1.80. The average molecular weight is 100 g/mol. The Morgan fingerprint density at radius 2 is 2.29 bits per heavy atom. The molecule has 0 aromatic carbocycles. The Morgan fingerprint density at radius 1 is 1.86 bits per heavy atom. The van der Waals surface area contributed by atoms with Crippen molar-refractivity contribution in [2.45, 2.75) is 6.92 Å². The van der Waals surface area contributed by atoms with Gasteiger partial charge < -0.3 is 9.90 Å². The summed E-state index contributed by atoms with van der Waals surface area (Å²) in [5, 5.41) is 9.57. The molecule has 0 fully saturated rings. The molecule has 0 aromatic heterocycles. The summed E-state index contributed by atoms with van der Waals surface area (Å²) in [5.41, 5.74) is 5.80. The number of aliphatic carboxylic acids is 1. The molecule has 0 amide bonds. The van der Waals surface area contributed by atoms with E-state index in [0.717, 1.165) is 0 Å². The van der Waals surface area contributed by atoms with E-state index in [2.05, 4.69) is 4.79 Å². The van der Waals surface area contributed by atoms with Gasteiger partial charge in [-0.25, -0.2) is 0 Å². The first-order chi connectivity index (χ1) is 3.18. The zero-order valence-corrected chi connectivity index (χ0v) is 3.76. The number of hydrogen-bond acceptors (Lipinski definition) is 3. The topological polar surface area (TPSA) is 78.1 Å². The van der Waals surface area contributed by atoms with Crippen LogP contribution in [0.2, 0.25) is 0 Å². The van der Waals surface area contributed by atoms with Gasteiger partial charge in [-0.05, 0) is 0 Å². The summed E-state index contributed by atoms with van der Waals surface area (Å²) >= 11 is 0. The zero-order chi connectivity index (χ0) is 5.86. The maximum absolute atomic E-state index is 9.57. The molecule has 0 heterocycles. The van der Waals surface area contributed by atoms with Crippen LogP contribution in [0.15, 0.2) is 0 Å². The second-order valence-electron chi connectivity index (χ2n) is 0.985. The van der Waals surface area contributed by atoms with Gasteiger partial charge in [-0.3, -0.25) is 0 Å². The fraction of sp³-hybridized carbons (Fsp3) is 0.333. The molecule has 4 nitrogen and oxygen atoms in total. The Hall–Kier alpha value is -1.15. The van der Waals surface area contributed by atoms with Crippen LogP contribution in [-0.4, -0.2) is 16.5 Å². The first kappa shape index (κ1) is 5.85. The highest BCUT2D eigenvalue weighted by Gasteiger charge is 1.99. The molecule has 7 heavy (non-hydrogen) atoms. The van der Waals surface area contributed by atoms with E-state index in [-0.39, 0.29) is 5.71 Å². The van der Waals surface area contributed by atoms with Crippen molar-refractivity contribution in [1.29, 1.82) is 5.53 Å². The molecule has 0 aromatic rings. The molecule has 4 heteroatoms. The van der Waals surface area contributed by atoms with Crippen LogP contribution in [0.1, 0.15) is 6.92 Å². The maximum Gasteiger partial charge on any atom is 0.360 e. The molecule has 0 saturated carbocycles. The second-order valence-corrected chi connectivity index (χ2v) is 0.985. The number of carboxylic acid groups (broad SMARTS) is 1. The van der Waals surface area contributed by atoms with E-state index in [1.54, 1.807) is 0 Å². The van der Waals surface area contributed by atoms with Crippen molar-refractivity contribution in [3.05, 3.63) is 0 Å². The SMILES string of the molecule is CC(=[N+]=N)C(=O)[O-]. The molecule has 0 bridgehead atoms. The lowest BCUT2D eigenvalue weighted by atomic mass is 10.5. The highest BCUT2D eigenvalue weighted by Crippen LogP contribution is 1.57. The lowest BCUT2D eigenvalue weighted by Crippen LogP contribution is -2.30. The number of nitrogens with zero attached hydrogens (tertiary/aromatic N) is 1. The summed E-state index contributed by atoms with van der Waals surface area (Å²) in [6.45, 7) is 1.20. The largest absolute Gasteiger partial charge is 0.539 e. The highest BCUT2D eigenvalue weighted by atomic mass is 16.4. The Balaban J connectivity index is 4.10. The molecule has 0 rings (SSSR count). The van der Waals surface area contributed by atoms with Crippen LogP contribution in [0.25, 0.3) is 0 Å². The number of nitrogens with one attached hydrogen (secondary N) is 1. The van der Waals surface area contributed by atoms with Crippen LogP contribution >= 0.6 is 0 Å². The number of carbonyl (C=O) groups is 1. The van der Waals surface area contributed by atoms with Crippen LogP contribution in [0.3, 0.4) is 0 Å². The fourth-order valence-electron chi connectivity index (χ4n) is 0.0456. The van der Waals surface area contributed by atoms with E-state index in [1.165, 1.54) is 6.92 Å².